The van der Waals surface area contributed by atoms with Crippen molar-refractivity contribution in [3.05, 3.63) is 139 Å². The van der Waals surface area contributed by atoms with Crippen LogP contribution in [0, 0.1) is 23.7 Å². The molecule has 0 atom stereocenters. The quantitative estimate of drug-likeness (QED) is 0.189. The van der Waals surface area contributed by atoms with Crippen molar-refractivity contribution < 1.29 is 4.42 Å². The Morgan fingerprint density at radius 3 is 2.02 bits per heavy atom. The predicted molar refractivity (Wildman–Crippen MR) is 197 cm³/mol. The third-order valence-corrected chi connectivity index (χ3v) is 13.2. The molecule has 4 saturated carbocycles. The second kappa shape index (κ2) is 9.08. The Labute approximate surface area is 279 Å². The van der Waals surface area contributed by atoms with Crippen molar-refractivity contribution in [2.75, 3.05) is 0 Å². The SMILES string of the molecule is c1ccc2c(c1)-c1ccc(-n3c4ccccc4c4c(-c5cccc6c5oc5ccccc56)cccc43)cc1C21C2CC3CC(C2)CC1C3. The van der Waals surface area contributed by atoms with E-state index in [1.165, 1.54) is 87.1 Å². The van der Waals surface area contributed by atoms with Gasteiger partial charge in [0, 0.05) is 38.2 Å². The Morgan fingerprint density at radius 1 is 0.500 bits per heavy atom. The van der Waals surface area contributed by atoms with Crippen LogP contribution in [0.4, 0.5) is 0 Å². The summed E-state index contributed by atoms with van der Waals surface area (Å²) in [4.78, 5) is 0. The molecule has 0 amide bonds. The lowest BCUT2D eigenvalue weighted by molar-refractivity contribution is -0.0399. The molecule has 0 aliphatic heterocycles. The molecule has 4 bridgehead atoms. The first-order chi connectivity index (χ1) is 23.8. The highest BCUT2D eigenvalue weighted by Crippen LogP contribution is 2.69. The number of benzene rings is 6. The van der Waals surface area contributed by atoms with E-state index in [1.54, 1.807) is 11.1 Å². The van der Waals surface area contributed by atoms with Crippen LogP contribution in [0.5, 0.6) is 0 Å². The van der Waals surface area contributed by atoms with Gasteiger partial charge in [0.1, 0.15) is 11.2 Å². The van der Waals surface area contributed by atoms with Crippen molar-refractivity contribution in [3.63, 3.8) is 0 Å². The number of fused-ring (bicyclic) bond motifs is 9. The van der Waals surface area contributed by atoms with Gasteiger partial charge in [0.05, 0.1) is 11.0 Å². The summed E-state index contributed by atoms with van der Waals surface area (Å²) >= 11 is 0. The Hall–Kier alpha value is -5.08. The normalized spacial score (nSPS) is 25.2. The van der Waals surface area contributed by atoms with Crippen molar-refractivity contribution >= 4 is 43.7 Å². The zero-order valence-corrected chi connectivity index (χ0v) is 26.8. The Kier molecular flexibility index (Phi) is 4.91. The standard InChI is InChI=1S/C46H35NO/c1-4-15-39-32(9-1)33-20-19-31(26-40(33)46(39)29-22-27-21-28(24-29)25-30(46)23-27)47-41-16-5-2-11-38(41)44-35(12-8-17-42(44)47)37-14-7-13-36-34-10-3-6-18-43(34)48-45(36)37/h1-20,26-30H,21-25H2. The van der Waals surface area contributed by atoms with Crippen LogP contribution in [0.15, 0.2) is 132 Å². The van der Waals surface area contributed by atoms with Gasteiger partial charge in [-0.15, -0.1) is 0 Å². The van der Waals surface area contributed by atoms with Crippen LogP contribution in [-0.4, -0.2) is 4.57 Å². The molecule has 2 aromatic heterocycles. The van der Waals surface area contributed by atoms with Gasteiger partial charge in [0.15, 0.2) is 0 Å². The van der Waals surface area contributed by atoms with Crippen molar-refractivity contribution in [3.8, 4) is 27.9 Å². The van der Waals surface area contributed by atoms with Crippen molar-refractivity contribution in [1.29, 1.82) is 0 Å². The monoisotopic (exact) mass is 617 g/mol. The molecule has 0 radical (unpaired) electrons. The summed E-state index contributed by atoms with van der Waals surface area (Å²) in [6.45, 7) is 0. The van der Waals surface area contributed by atoms with Gasteiger partial charge in [0.25, 0.3) is 0 Å². The third-order valence-electron chi connectivity index (χ3n) is 13.2. The van der Waals surface area contributed by atoms with E-state index in [0.717, 1.165) is 40.4 Å². The molecule has 0 N–H and O–H groups in total. The van der Waals surface area contributed by atoms with Gasteiger partial charge in [-0.2, -0.15) is 0 Å². The highest BCUT2D eigenvalue weighted by atomic mass is 16.3. The lowest BCUT2D eigenvalue weighted by atomic mass is 9.43. The maximum atomic E-state index is 6.58. The van der Waals surface area contributed by atoms with E-state index in [4.69, 9.17) is 4.42 Å². The molecule has 2 heterocycles. The summed E-state index contributed by atoms with van der Waals surface area (Å²) in [7, 11) is 0. The van der Waals surface area contributed by atoms with Gasteiger partial charge in [-0.05, 0) is 114 Å². The Balaban J connectivity index is 1.12. The first-order valence-electron chi connectivity index (χ1n) is 17.9. The maximum absolute atomic E-state index is 6.58. The van der Waals surface area contributed by atoms with Crippen molar-refractivity contribution in [1.82, 2.24) is 4.57 Å². The summed E-state index contributed by atoms with van der Waals surface area (Å²) in [5, 5.41) is 4.91. The van der Waals surface area contributed by atoms with E-state index < -0.39 is 0 Å². The summed E-state index contributed by atoms with van der Waals surface area (Å²) in [5.74, 6) is 3.37. The van der Waals surface area contributed by atoms with Crippen LogP contribution < -0.4 is 0 Å². The number of furan rings is 1. The van der Waals surface area contributed by atoms with E-state index in [9.17, 15) is 0 Å². The highest BCUT2D eigenvalue weighted by molar-refractivity contribution is 6.19. The molecule has 2 nitrogen and oxygen atoms in total. The molecule has 0 unspecified atom stereocenters. The van der Waals surface area contributed by atoms with Crippen LogP contribution >= 0.6 is 0 Å². The molecular formula is C46H35NO. The minimum atomic E-state index is 0.149. The summed E-state index contributed by atoms with van der Waals surface area (Å²) in [5.41, 5.74) is 14.4. The molecule has 5 aliphatic rings. The van der Waals surface area contributed by atoms with Crippen LogP contribution in [0.2, 0.25) is 0 Å². The van der Waals surface area contributed by atoms with Gasteiger partial charge in [-0.25, -0.2) is 0 Å². The van der Waals surface area contributed by atoms with E-state index in [-0.39, 0.29) is 5.41 Å². The smallest absolute Gasteiger partial charge is 0.143 e. The van der Waals surface area contributed by atoms with Crippen LogP contribution in [0.3, 0.4) is 0 Å². The number of hydrogen-bond donors (Lipinski definition) is 0. The van der Waals surface area contributed by atoms with Gasteiger partial charge in [0.2, 0.25) is 0 Å². The molecule has 1 spiro atoms. The lowest BCUT2D eigenvalue weighted by Crippen LogP contribution is -2.55. The topological polar surface area (TPSA) is 18.1 Å². The number of aromatic nitrogens is 1. The zero-order valence-electron chi connectivity index (χ0n) is 26.8. The lowest BCUT2D eigenvalue weighted by Gasteiger charge is -2.61. The average Bonchev–Trinajstić information content (AvgIpc) is 3.77. The van der Waals surface area contributed by atoms with Crippen molar-refractivity contribution in [2.45, 2.75) is 37.5 Å². The molecule has 0 saturated heterocycles. The number of hydrogen-bond acceptors (Lipinski definition) is 1. The van der Waals surface area contributed by atoms with Gasteiger partial charge in [-0.1, -0.05) is 97.1 Å². The van der Waals surface area contributed by atoms with Crippen LogP contribution in [-0.2, 0) is 5.41 Å². The summed E-state index contributed by atoms with van der Waals surface area (Å²) in [6, 6.07) is 47.7. The zero-order chi connectivity index (χ0) is 31.1. The fraction of sp³-hybridized carbons (Fsp3) is 0.217. The molecule has 2 heteroatoms. The molecule has 13 rings (SSSR count). The highest BCUT2D eigenvalue weighted by Gasteiger charge is 2.61. The third kappa shape index (κ3) is 3.10. The Morgan fingerprint density at radius 2 is 1.15 bits per heavy atom. The van der Waals surface area contributed by atoms with Crippen LogP contribution in [0.1, 0.15) is 43.2 Å². The van der Waals surface area contributed by atoms with E-state index in [0.29, 0.717) is 0 Å². The average molecular weight is 618 g/mol. The first-order valence-corrected chi connectivity index (χ1v) is 17.9. The van der Waals surface area contributed by atoms with Gasteiger partial charge in [-0.3, -0.25) is 0 Å². The van der Waals surface area contributed by atoms with Crippen LogP contribution in [0.25, 0.3) is 71.7 Å². The Bertz CT molecular complexity index is 2620. The molecule has 8 aromatic rings. The number of nitrogens with zero attached hydrogens (tertiary/aromatic N) is 1. The number of rotatable bonds is 2. The fourth-order valence-electron chi connectivity index (χ4n) is 11.8. The van der Waals surface area contributed by atoms with E-state index in [2.05, 4.69) is 132 Å². The second-order valence-corrected chi connectivity index (χ2v) is 15.3. The largest absolute Gasteiger partial charge is 0.455 e. The molecule has 6 aromatic carbocycles. The second-order valence-electron chi connectivity index (χ2n) is 15.3. The summed E-state index contributed by atoms with van der Waals surface area (Å²) in [6.07, 6.45) is 7.07. The first kappa shape index (κ1) is 25.9. The maximum Gasteiger partial charge on any atom is 0.143 e. The molecule has 4 fully saturated rings. The molecule has 230 valence electrons. The number of para-hydroxylation sites is 3. The minimum absolute atomic E-state index is 0.149. The fourth-order valence-corrected chi connectivity index (χ4v) is 11.8. The van der Waals surface area contributed by atoms with E-state index >= 15 is 0 Å². The molecule has 48 heavy (non-hydrogen) atoms. The van der Waals surface area contributed by atoms with Gasteiger partial charge >= 0.3 is 0 Å². The summed E-state index contributed by atoms with van der Waals surface area (Å²) < 4.78 is 9.12. The van der Waals surface area contributed by atoms with Crippen molar-refractivity contribution in [2.24, 2.45) is 23.7 Å². The minimum Gasteiger partial charge on any atom is -0.455 e. The van der Waals surface area contributed by atoms with Gasteiger partial charge < -0.3 is 8.98 Å². The predicted octanol–water partition coefficient (Wildman–Crippen LogP) is 12.1. The molecule has 5 aliphatic carbocycles. The molecular weight excluding hydrogens is 583 g/mol. The van der Waals surface area contributed by atoms with E-state index in [1.807, 2.05) is 0 Å².